The first kappa shape index (κ1) is 19.0. The van der Waals surface area contributed by atoms with Crippen LogP contribution >= 0.6 is 0 Å². The molecule has 6 nitrogen and oxygen atoms in total. The number of likely N-dealkylation sites (tertiary alicyclic amines) is 1. The van der Waals surface area contributed by atoms with E-state index in [1.165, 1.54) is 6.42 Å². The number of piperidine rings is 1. The smallest absolute Gasteiger partial charge is 0.248 e. The summed E-state index contributed by atoms with van der Waals surface area (Å²) in [7, 11) is 1.65. The molecule has 0 N–H and O–H groups in total. The molecule has 1 amide bonds. The van der Waals surface area contributed by atoms with E-state index in [0.29, 0.717) is 19.7 Å². The van der Waals surface area contributed by atoms with E-state index >= 15 is 0 Å². The predicted octanol–water partition coefficient (Wildman–Crippen LogP) is 2.65. The van der Waals surface area contributed by atoms with Crippen LogP contribution in [0.25, 0.3) is 0 Å². The maximum absolute atomic E-state index is 12.3. The fourth-order valence-corrected chi connectivity index (χ4v) is 3.38. The number of methoxy groups -OCH3 is 1. The fourth-order valence-electron chi connectivity index (χ4n) is 3.38. The average molecular weight is 363 g/mol. The number of amides is 1. The molecule has 144 valence electrons. The van der Waals surface area contributed by atoms with Gasteiger partial charge in [0.2, 0.25) is 5.91 Å². The second-order valence-corrected chi connectivity index (χ2v) is 6.88. The lowest BCUT2D eigenvalue weighted by molar-refractivity contribution is -0.140. The minimum Gasteiger partial charge on any atom is -0.497 e. The van der Waals surface area contributed by atoms with Gasteiger partial charge in [0, 0.05) is 32.5 Å². The van der Waals surface area contributed by atoms with Crippen molar-refractivity contribution in [3.63, 3.8) is 0 Å². The lowest BCUT2D eigenvalue weighted by Crippen LogP contribution is -2.43. The van der Waals surface area contributed by atoms with Crippen LogP contribution in [0.4, 0.5) is 0 Å². The molecule has 0 aromatic heterocycles. The third-order valence-electron chi connectivity index (χ3n) is 4.96. The van der Waals surface area contributed by atoms with E-state index in [1.54, 1.807) is 7.11 Å². The lowest BCUT2D eigenvalue weighted by Gasteiger charge is -2.32. The Morgan fingerprint density at radius 1 is 1.12 bits per heavy atom. The van der Waals surface area contributed by atoms with Gasteiger partial charge in [0.15, 0.2) is 0 Å². The maximum atomic E-state index is 12.3. The highest BCUT2D eigenvalue weighted by Crippen LogP contribution is 2.22. The summed E-state index contributed by atoms with van der Waals surface area (Å²) in [5, 5.41) is 0. The first-order valence-corrected chi connectivity index (χ1v) is 9.52. The van der Waals surface area contributed by atoms with Crippen LogP contribution in [0.1, 0.15) is 32.1 Å². The zero-order valence-corrected chi connectivity index (χ0v) is 15.5. The zero-order valence-electron chi connectivity index (χ0n) is 15.5. The van der Waals surface area contributed by atoms with Crippen LogP contribution in [0, 0.1) is 0 Å². The molecule has 0 saturated carbocycles. The average Bonchev–Trinajstić information content (AvgIpc) is 2.70. The Hall–Kier alpha value is -1.79. The molecule has 0 spiro atoms. The minimum absolute atomic E-state index is 0.0590. The van der Waals surface area contributed by atoms with Gasteiger partial charge in [0.1, 0.15) is 24.2 Å². The van der Waals surface area contributed by atoms with Crippen molar-refractivity contribution >= 4 is 5.91 Å². The van der Waals surface area contributed by atoms with Crippen molar-refractivity contribution in [2.24, 2.45) is 0 Å². The predicted molar refractivity (Wildman–Crippen MR) is 97.6 cm³/mol. The van der Waals surface area contributed by atoms with Crippen LogP contribution in [0.5, 0.6) is 11.5 Å². The number of hydrogen-bond acceptors (Lipinski definition) is 5. The molecule has 2 aliphatic heterocycles. The van der Waals surface area contributed by atoms with Crippen LogP contribution in [0.15, 0.2) is 24.3 Å². The number of nitrogens with zero attached hydrogens (tertiary/aromatic N) is 1. The van der Waals surface area contributed by atoms with Gasteiger partial charge in [-0.1, -0.05) is 0 Å². The molecule has 3 rings (SSSR count). The SMILES string of the molecule is COc1ccc(OC2CCN(C(=O)COCC3CCCCO3)CC2)cc1. The van der Waals surface area contributed by atoms with Gasteiger partial charge < -0.3 is 23.8 Å². The van der Waals surface area contributed by atoms with Gasteiger partial charge in [0.05, 0.1) is 19.8 Å². The van der Waals surface area contributed by atoms with Crippen molar-refractivity contribution in [2.75, 3.05) is 40.0 Å². The standard InChI is InChI=1S/C20H29NO5/c1-23-16-5-7-17(8-6-16)26-18-9-11-21(12-10-18)20(22)15-24-14-19-4-2-3-13-25-19/h5-8,18-19H,2-4,9-15H2,1H3. The summed E-state index contributed by atoms with van der Waals surface area (Å²) in [5.74, 6) is 1.71. The summed E-state index contributed by atoms with van der Waals surface area (Å²) in [6.07, 6.45) is 5.31. The highest BCUT2D eigenvalue weighted by atomic mass is 16.5. The summed E-state index contributed by atoms with van der Waals surface area (Å²) in [4.78, 5) is 14.2. The zero-order chi connectivity index (χ0) is 18.2. The molecule has 1 atom stereocenters. The van der Waals surface area contributed by atoms with Gasteiger partial charge in [0.25, 0.3) is 0 Å². The maximum Gasteiger partial charge on any atom is 0.248 e. The second kappa shape index (κ2) is 9.78. The molecule has 2 heterocycles. The van der Waals surface area contributed by atoms with E-state index in [9.17, 15) is 4.79 Å². The molecular weight excluding hydrogens is 334 g/mol. The Balaban J connectivity index is 1.33. The molecular formula is C20H29NO5. The number of hydrogen-bond donors (Lipinski definition) is 0. The van der Waals surface area contributed by atoms with Crippen molar-refractivity contribution in [3.05, 3.63) is 24.3 Å². The van der Waals surface area contributed by atoms with Crippen LogP contribution in [-0.2, 0) is 14.3 Å². The number of ether oxygens (including phenoxy) is 4. The summed E-state index contributed by atoms with van der Waals surface area (Å²) in [6.45, 7) is 2.89. The molecule has 1 unspecified atom stereocenters. The number of carbonyl (C=O) groups excluding carboxylic acids is 1. The van der Waals surface area contributed by atoms with Crippen LogP contribution in [-0.4, -0.2) is 63.0 Å². The van der Waals surface area contributed by atoms with Crippen LogP contribution < -0.4 is 9.47 Å². The van der Waals surface area contributed by atoms with Gasteiger partial charge in [-0.3, -0.25) is 4.79 Å². The number of benzene rings is 1. The third kappa shape index (κ3) is 5.61. The highest BCUT2D eigenvalue weighted by Gasteiger charge is 2.24. The van der Waals surface area contributed by atoms with Crippen LogP contribution in [0.2, 0.25) is 0 Å². The largest absolute Gasteiger partial charge is 0.497 e. The van der Waals surface area contributed by atoms with E-state index in [4.69, 9.17) is 18.9 Å². The van der Waals surface area contributed by atoms with Crippen molar-refractivity contribution in [1.29, 1.82) is 0 Å². The Labute approximate surface area is 155 Å². The molecule has 26 heavy (non-hydrogen) atoms. The topological polar surface area (TPSA) is 57.2 Å². The van der Waals surface area contributed by atoms with E-state index < -0.39 is 0 Å². The summed E-state index contributed by atoms with van der Waals surface area (Å²) in [6, 6.07) is 7.61. The van der Waals surface area contributed by atoms with Crippen molar-refractivity contribution in [1.82, 2.24) is 4.90 Å². The molecule has 2 fully saturated rings. The lowest BCUT2D eigenvalue weighted by atomic mass is 10.1. The summed E-state index contributed by atoms with van der Waals surface area (Å²) >= 11 is 0. The molecule has 1 aromatic carbocycles. The van der Waals surface area contributed by atoms with Gasteiger partial charge in [-0.2, -0.15) is 0 Å². The van der Waals surface area contributed by atoms with Gasteiger partial charge in [-0.05, 0) is 43.5 Å². The molecule has 1 aromatic rings. The van der Waals surface area contributed by atoms with Crippen molar-refractivity contribution < 1.29 is 23.7 Å². The summed E-state index contributed by atoms with van der Waals surface area (Å²) < 4.78 is 22.3. The van der Waals surface area contributed by atoms with E-state index in [1.807, 2.05) is 29.2 Å². The Kier molecular flexibility index (Phi) is 7.14. The van der Waals surface area contributed by atoms with E-state index in [2.05, 4.69) is 0 Å². The molecule has 2 aliphatic rings. The van der Waals surface area contributed by atoms with Crippen molar-refractivity contribution in [2.45, 2.75) is 44.3 Å². The Bertz CT molecular complexity index is 548. The van der Waals surface area contributed by atoms with Crippen molar-refractivity contribution in [3.8, 4) is 11.5 Å². The molecule has 0 aliphatic carbocycles. The van der Waals surface area contributed by atoms with Gasteiger partial charge in [-0.15, -0.1) is 0 Å². The molecule has 6 heteroatoms. The molecule has 0 radical (unpaired) electrons. The monoisotopic (exact) mass is 363 g/mol. The van der Waals surface area contributed by atoms with E-state index in [0.717, 1.165) is 43.8 Å². The highest BCUT2D eigenvalue weighted by molar-refractivity contribution is 5.77. The Morgan fingerprint density at radius 2 is 1.85 bits per heavy atom. The fraction of sp³-hybridized carbons (Fsp3) is 0.650. The summed E-state index contributed by atoms with van der Waals surface area (Å²) in [5.41, 5.74) is 0. The number of carbonyl (C=O) groups is 1. The van der Waals surface area contributed by atoms with E-state index in [-0.39, 0.29) is 24.7 Å². The Morgan fingerprint density at radius 3 is 2.50 bits per heavy atom. The first-order chi connectivity index (χ1) is 12.7. The quantitative estimate of drug-likeness (QED) is 0.745. The third-order valence-corrected chi connectivity index (χ3v) is 4.96. The van der Waals surface area contributed by atoms with Gasteiger partial charge >= 0.3 is 0 Å². The van der Waals surface area contributed by atoms with Crippen LogP contribution in [0.3, 0.4) is 0 Å². The molecule has 0 bridgehead atoms. The minimum atomic E-state index is 0.0590. The first-order valence-electron chi connectivity index (χ1n) is 9.52. The van der Waals surface area contributed by atoms with Gasteiger partial charge in [-0.25, -0.2) is 0 Å². The number of rotatable bonds is 7. The second-order valence-electron chi connectivity index (χ2n) is 6.88. The molecule has 2 saturated heterocycles. The normalized spacial score (nSPS) is 21.4.